The van der Waals surface area contributed by atoms with Crippen molar-refractivity contribution in [3.8, 4) is 0 Å². The van der Waals surface area contributed by atoms with Crippen LogP contribution < -0.4 is 0 Å². The van der Waals surface area contributed by atoms with Gasteiger partial charge in [0.05, 0.1) is 12.6 Å². The van der Waals surface area contributed by atoms with Crippen LogP contribution in [0.5, 0.6) is 0 Å². The Morgan fingerprint density at radius 1 is 1.50 bits per heavy atom. The largest absolute Gasteiger partial charge is 0.320 e. The van der Waals surface area contributed by atoms with Gasteiger partial charge in [-0.1, -0.05) is 28.1 Å². The number of likely N-dealkylation sites (N-methyl/N-ethyl adjacent to an activating group) is 1. The number of ketones is 1. The fraction of sp³-hybridized carbons (Fsp3) is 0.385. The minimum absolute atomic E-state index is 0.00615. The van der Waals surface area contributed by atoms with E-state index in [2.05, 4.69) is 15.9 Å². The molecule has 96 valence electrons. The molecule has 1 saturated heterocycles. The molecule has 1 fully saturated rings. The molecule has 1 aromatic carbocycles. The molecule has 0 spiro atoms. The maximum absolute atomic E-state index is 12.0. The minimum atomic E-state index is -0.0878. The number of carbonyl (C=O) groups excluding carboxylic acids is 2. The third-order valence-corrected chi connectivity index (χ3v) is 3.57. The van der Waals surface area contributed by atoms with Crippen LogP contribution >= 0.6 is 15.9 Å². The number of benzene rings is 1. The molecule has 1 aliphatic heterocycles. The lowest BCUT2D eigenvalue weighted by molar-refractivity contribution is -0.117. The highest BCUT2D eigenvalue weighted by Crippen LogP contribution is 2.29. The van der Waals surface area contributed by atoms with Crippen LogP contribution in [0.4, 0.5) is 4.79 Å². The van der Waals surface area contributed by atoms with Crippen molar-refractivity contribution < 1.29 is 9.59 Å². The fourth-order valence-electron chi connectivity index (χ4n) is 2.21. The second-order valence-corrected chi connectivity index (χ2v) is 5.46. The molecule has 1 atom stereocenters. The summed E-state index contributed by atoms with van der Waals surface area (Å²) in [4.78, 5) is 26.4. The van der Waals surface area contributed by atoms with E-state index in [1.165, 1.54) is 6.92 Å². The first kappa shape index (κ1) is 13.1. The molecule has 4 nitrogen and oxygen atoms in total. The number of urea groups is 1. The van der Waals surface area contributed by atoms with Crippen molar-refractivity contribution in [3.05, 3.63) is 34.3 Å². The summed E-state index contributed by atoms with van der Waals surface area (Å²) in [6, 6.07) is 7.82. The first-order valence-corrected chi connectivity index (χ1v) is 6.55. The van der Waals surface area contributed by atoms with Crippen LogP contribution in [0.15, 0.2) is 28.7 Å². The number of carbonyl (C=O) groups is 2. The number of hydrogen-bond acceptors (Lipinski definition) is 2. The number of amides is 2. The van der Waals surface area contributed by atoms with Gasteiger partial charge in [-0.25, -0.2) is 4.79 Å². The lowest BCUT2D eigenvalue weighted by Gasteiger charge is -2.18. The Balaban J connectivity index is 2.21. The van der Waals surface area contributed by atoms with E-state index in [9.17, 15) is 9.59 Å². The molecule has 1 aromatic rings. The van der Waals surface area contributed by atoms with E-state index in [4.69, 9.17) is 0 Å². The first-order chi connectivity index (χ1) is 8.49. The highest BCUT2D eigenvalue weighted by atomic mass is 79.9. The second-order valence-electron chi connectivity index (χ2n) is 4.55. The zero-order valence-corrected chi connectivity index (χ0v) is 12.0. The molecule has 0 N–H and O–H groups in total. The zero-order valence-electron chi connectivity index (χ0n) is 10.4. The first-order valence-electron chi connectivity index (χ1n) is 5.75. The van der Waals surface area contributed by atoms with Crippen LogP contribution in [0.25, 0.3) is 0 Å². The van der Waals surface area contributed by atoms with Gasteiger partial charge in [-0.15, -0.1) is 0 Å². The monoisotopic (exact) mass is 310 g/mol. The summed E-state index contributed by atoms with van der Waals surface area (Å²) >= 11 is 3.43. The third kappa shape index (κ3) is 2.56. The maximum Gasteiger partial charge on any atom is 0.320 e. The molecule has 1 unspecified atom stereocenters. The van der Waals surface area contributed by atoms with E-state index < -0.39 is 0 Å². The van der Waals surface area contributed by atoms with Gasteiger partial charge in [0.1, 0.15) is 5.78 Å². The number of hydrogen-bond donors (Lipinski definition) is 0. The smallest absolute Gasteiger partial charge is 0.319 e. The molecular formula is C13H15BrN2O2. The topological polar surface area (TPSA) is 40.6 Å². The maximum atomic E-state index is 12.0. The summed E-state index contributed by atoms with van der Waals surface area (Å²) in [5.41, 5.74) is 1.08. The van der Waals surface area contributed by atoms with Gasteiger partial charge in [-0.05, 0) is 24.6 Å². The van der Waals surface area contributed by atoms with Crippen molar-refractivity contribution >= 4 is 27.7 Å². The van der Waals surface area contributed by atoms with E-state index in [1.54, 1.807) is 16.8 Å². The van der Waals surface area contributed by atoms with Crippen LogP contribution in [0.2, 0.25) is 0 Å². The van der Waals surface area contributed by atoms with Crippen molar-refractivity contribution in [3.63, 3.8) is 0 Å². The Bertz CT molecular complexity index is 490. The predicted octanol–water partition coefficient (Wildman–Crippen LogP) is 2.45. The second kappa shape index (κ2) is 5.10. The molecule has 2 amide bonds. The molecule has 1 aliphatic rings. The van der Waals surface area contributed by atoms with Gasteiger partial charge in [0, 0.05) is 18.1 Å². The van der Waals surface area contributed by atoms with Gasteiger partial charge in [-0.2, -0.15) is 0 Å². The Morgan fingerprint density at radius 3 is 2.83 bits per heavy atom. The molecule has 0 aliphatic carbocycles. The molecule has 0 radical (unpaired) electrons. The SMILES string of the molecule is CC(=O)CN1CC(c2cccc(Br)c2)N(C)C1=O. The summed E-state index contributed by atoms with van der Waals surface area (Å²) in [5.74, 6) is 0.00615. The molecule has 18 heavy (non-hydrogen) atoms. The highest BCUT2D eigenvalue weighted by Gasteiger charge is 2.35. The summed E-state index contributed by atoms with van der Waals surface area (Å²) in [6.07, 6.45) is 0. The summed E-state index contributed by atoms with van der Waals surface area (Å²) in [7, 11) is 1.77. The molecule has 0 aromatic heterocycles. The summed E-state index contributed by atoms with van der Waals surface area (Å²) in [5, 5.41) is 0. The summed E-state index contributed by atoms with van der Waals surface area (Å²) < 4.78 is 0.992. The average molecular weight is 311 g/mol. The molecule has 1 heterocycles. The minimum Gasteiger partial charge on any atom is -0.319 e. The van der Waals surface area contributed by atoms with E-state index >= 15 is 0 Å². The molecule has 5 heteroatoms. The number of nitrogens with zero attached hydrogens (tertiary/aromatic N) is 2. The number of halogens is 1. The standard InChI is InChI=1S/C13H15BrN2O2/c1-9(17)7-16-8-12(15(2)13(16)18)10-4-3-5-11(14)6-10/h3-6,12H,7-8H2,1-2H3. The molecule has 0 saturated carbocycles. The van der Waals surface area contributed by atoms with Gasteiger partial charge < -0.3 is 9.80 Å². The number of rotatable bonds is 3. The van der Waals surface area contributed by atoms with Crippen LogP contribution in [0, 0.1) is 0 Å². The van der Waals surface area contributed by atoms with E-state index in [0.717, 1.165) is 10.0 Å². The average Bonchev–Trinajstić information content (AvgIpc) is 2.57. The fourth-order valence-corrected chi connectivity index (χ4v) is 2.63. The van der Waals surface area contributed by atoms with Gasteiger partial charge in [0.2, 0.25) is 0 Å². The van der Waals surface area contributed by atoms with E-state index in [1.807, 2.05) is 24.3 Å². The van der Waals surface area contributed by atoms with Crippen LogP contribution in [-0.2, 0) is 4.79 Å². The van der Waals surface area contributed by atoms with Gasteiger partial charge >= 0.3 is 6.03 Å². The van der Waals surface area contributed by atoms with Crippen molar-refractivity contribution in [2.24, 2.45) is 0 Å². The molecular weight excluding hydrogens is 296 g/mol. The zero-order chi connectivity index (χ0) is 13.3. The van der Waals surface area contributed by atoms with Crippen molar-refractivity contribution in [1.29, 1.82) is 0 Å². The van der Waals surface area contributed by atoms with E-state index in [-0.39, 0.29) is 24.4 Å². The van der Waals surface area contributed by atoms with Crippen molar-refractivity contribution in [1.82, 2.24) is 9.80 Å². The van der Waals surface area contributed by atoms with Gasteiger partial charge in [0.15, 0.2) is 0 Å². The van der Waals surface area contributed by atoms with Crippen LogP contribution in [0.1, 0.15) is 18.5 Å². The Labute approximate surface area is 115 Å². The third-order valence-electron chi connectivity index (χ3n) is 3.08. The van der Waals surface area contributed by atoms with Crippen LogP contribution in [0.3, 0.4) is 0 Å². The normalized spacial score (nSPS) is 19.5. The van der Waals surface area contributed by atoms with Gasteiger partial charge in [0.25, 0.3) is 0 Å². The lowest BCUT2D eigenvalue weighted by Crippen LogP contribution is -2.32. The lowest BCUT2D eigenvalue weighted by atomic mass is 10.1. The van der Waals surface area contributed by atoms with Crippen molar-refractivity contribution in [2.75, 3.05) is 20.1 Å². The Hall–Kier alpha value is -1.36. The molecule has 2 rings (SSSR count). The Kier molecular flexibility index (Phi) is 3.71. The van der Waals surface area contributed by atoms with Crippen LogP contribution in [-0.4, -0.2) is 41.8 Å². The predicted molar refractivity (Wildman–Crippen MR) is 72.3 cm³/mol. The highest BCUT2D eigenvalue weighted by molar-refractivity contribution is 9.10. The summed E-state index contributed by atoms with van der Waals surface area (Å²) in [6.45, 7) is 2.25. The molecule has 0 bridgehead atoms. The van der Waals surface area contributed by atoms with E-state index in [0.29, 0.717) is 6.54 Å². The van der Waals surface area contributed by atoms with Crippen molar-refractivity contribution in [2.45, 2.75) is 13.0 Å². The quantitative estimate of drug-likeness (QED) is 0.860. The number of Topliss-reactive ketones (excluding diaryl/α,β-unsaturated/α-hetero) is 1. The van der Waals surface area contributed by atoms with Gasteiger partial charge in [-0.3, -0.25) is 4.79 Å². The Morgan fingerprint density at radius 2 is 2.22 bits per heavy atom.